The van der Waals surface area contributed by atoms with Gasteiger partial charge in [-0.15, -0.1) is 0 Å². The van der Waals surface area contributed by atoms with Crippen molar-refractivity contribution < 1.29 is 9.18 Å². The van der Waals surface area contributed by atoms with Crippen LogP contribution in [0.4, 0.5) is 4.39 Å². The van der Waals surface area contributed by atoms with Gasteiger partial charge in [0.05, 0.1) is 5.56 Å². The second-order valence-electron chi connectivity index (χ2n) is 5.12. The van der Waals surface area contributed by atoms with Crippen molar-refractivity contribution in [2.75, 3.05) is 0 Å². The topological polar surface area (TPSA) is 29.1 Å². The van der Waals surface area contributed by atoms with Crippen molar-refractivity contribution in [2.24, 2.45) is 11.8 Å². The summed E-state index contributed by atoms with van der Waals surface area (Å²) < 4.78 is 13.6. The Morgan fingerprint density at radius 3 is 2.67 bits per heavy atom. The number of rotatable bonds is 2. The average molecular weight is 361 g/mol. The summed E-state index contributed by atoms with van der Waals surface area (Å²) in [5, 5.41) is 3.07. The zero-order valence-corrected chi connectivity index (χ0v) is 12.7. The molecule has 3 atom stereocenters. The van der Waals surface area contributed by atoms with Crippen molar-refractivity contribution in [1.29, 1.82) is 0 Å². The zero-order valence-electron chi connectivity index (χ0n) is 10.5. The number of carbonyl (C=O) groups excluding carboxylic acids is 1. The second-order valence-corrected chi connectivity index (χ2v) is 6.28. The van der Waals surface area contributed by atoms with Crippen LogP contribution in [-0.4, -0.2) is 11.9 Å². The highest BCUT2D eigenvalue weighted by molar-refractivity contribution is 14.1. The molecule has 0 aromatic heterocycles. The van der Waals surface area contributed by atoms with Crippen LogP contribution in [0.25, 0.3) is 0 Å². The molecular weight excluding hydrogens is 344 g/mol. The molecular formula is C14H17FINO. The Morgan fingerprint density at radius 1 is 1.39 bits per heavy atom. The summed E-state index contributed by atoms with van der Waals surface area (Å²) in [5.41, 5.74) is 0.559. The Hall–Kier alpha value is -0.650. The minimum atomic E-state index is -0.307. The highest BCUT2D eigenvalue weighted by Crippen LogP contribution is 2.31. The molecule has 2 rings (SSSR count). The van der Waals surface area contributed by atoms with Crippen molar-refractivity contribution in [3.05, 3.63) is 33.1 Å². The molecule has 3 unspecified atom stereocenters. The smallest absolute Gasteiger partial charge is 0.252 e. The highest BCUT2D eigenvalue weighted by Gasteiger charge is 2.31. The molecule has 1 saturated carbocycles. The number of benzene rings is 1. The minimum Gasteiger partial charge on any atom is -0.349 e. The zero-order chi connectivity index (χ0) is 13.3. The lowest BCUT2D eigenvalue weighted by Gasteiger charge is -2.20. The van der Waals surface area contributed by atoms with Gasteiger partial charge in [-0.05, 0) is 65.5 Å². The monoisotopic (exact) mass is 361 g/mol. The standard InChI is InChI=1S/C14H17FINO/c1-8-3-6-13(9(8)2)17-14(18)11-5-4-10(15)7-12(11)16/h4-5,7-9,13H,3,6H2,1-2H3,(H,17,18). The predicted molar refractivity (Wildman–Crippen MR) is 77.9 cm³/mol. The Morgan fingerprint density at radius 2 is 2.11 bits per heavy atom. The van der Waals surface area contributed by atoms with Crippen LogP contribution in [0.1, 0.15) is 37.0 Å². The maximum atomic E-state index is 13.0. The van der Waals surface area contributed by atoms with Gasteiger partial charge in [-0.1, -0.05) is 13.8 Å². The molecule has 1 aliphatic rings. The fraction of sp³-hybridized carbons (Fsp3) is 0.500. The maximum Gasteiger partial charge on any atom is 0.252 e. The number of halogens is 2. The van der Waals surface area contributed by atoms with Gasteiger partial charge >= 0.3 is 0 Å². The van der Waals surface area contributed by atoms with E-state index < -0.39 is 0 Å². The van der Waals surface area contributed by atoms with Crippen molar-refractivity contribution >= 4 is 28.5 Å². The molecule has 1 amide bonds. The predicted octanol–water partition coefficient (Wildman–Crippen LogP) is 3.59. The largest absolute Gasteiger partial charge is 0.349 e. The lowest BCUT2D eigenvalue weighted by molar-refractivity contribution is 0.0926. The second kappa shape index (κ2) is 5.55. The van der Waals surface area contributed by atoms with Crippen LogP contribution in [0.15, 0.2) is 18.2 Å². The number of amides is 1. The molecule has 0 bridgehead atoms. The Balaban J connectivity index is 2.08. The van der Waals surface area contributed by atoms with E-state index in [9.17, 15) is 9.18 Å². The van der Waals surface area contributed by atoms with Gasteiger partial charge in [0, 0.05) is 9.61 Å². The van der Waals surface area contributed by atoms with Gasteiger partial charge in [-0.2, -0.15) is 0 Å². The van der Waals surface area contributed by atoms with Gasteiger partial charge < -0.3 is 5.32 Å². The van der Waals surface area contributed by atoms with Crippen LogP contribution in [0.5, 0.6) is 0 Å². The van der Waals surface area contributed by atoms with Crippen LogP contribution in [0.3, 0.4) is 0 Å². The van der Waals surface area contributed by atoms with Crippen molar-refractivity contribution in [2.45, 2.75) is 32.7 Å². The van der Waals surface area contributed by atoms with Crippen LogP contribution in [0, 0.1) is 21.2 Å². The minimum absolute atomic E-state index is 0.0923. The first-order valence-corrected chi connectivity index (χ1v) is 7.33. The SMILES string of the molecule is CC1CCC(NC(=O)c2ccc(F)cc2I)C1C. The molecule has 0 aliphatic heterocycles. The molecule has 1 N–H and O–H groups in total. The fourth-order valence-electron chi connectivity index (χ4n) is 2.49. The van der Waals surface area contributed by atoms with E-state index in [2.05, 4.69) is 19.2 Å². The van der Waals surface area contributed by atoms with Crippen molar-refractivity contribution in [1.82, 2.24) is 5.32 Å². The molecule has 4 heteroatoms. The number of hydrogen-bond donors (Lipinski definition) is 1. The summed E-state index contributed by atoms with van der Waals surface area (Å²) in [6, 6.07) is 4.51. The molecule has 1 fully saturated rings. The van der Waals surface area contributed by atoms with E-state index in [1.54, 1.807) is 6.07 Å². The molecule has 18 heavy (non-hydrogen) atoms. The molecule has 1 aliphatic carbocycles. The first kappa shape index (κ1) is 13.8. The molecule has 2 nitrogen and oxygen atoms in total. The molecule has 0 spiro atoms. The Bertz CT molecular complexity index is 463. The summed E-state index contributed by atoms with van der Waals surface area (Å²) in [7, 11) is 0. The van der Waals surface area contributed by atoms with E-state index >= 15 is 0 Å². The van der Waals surface area contributed by atoms with Crippen molar-refractivity contribution in [3.63, 3.8) is 0 Å². The highest BCUT2D eigenvalue weighted by atomic mass is 127. The first-order chi connectivity index (χ1) is 8.49. The summed E-state index contributed by atoms with van der Waals surface area (Å²) in [5.74, 6) is 0.763. The lowest BCUT2D eigenvalue weighted by atomic mass is 9.97. The quantitative estimate of drug-likeness (QED) is 0.802. The first-order valence-electron chi connectivity index (χ1n) is 6.25. The fourth-order valence-corrected chi connectivity index (χ4v) is 3.21. The van der Waals surface area contributed by atoms with Crippen molar-refractivity contribution in [3.8, 4) is 0 Å². The maximum absolute atomic E-state index is 13.0. The molecule has 1 aromatic rings. The van der Waals surface area contributed by atoms with Crippen LogP contribution >= 0.6 is 22.6 Å². The number of carbonyl (C=O) groups is 1. The molecule has 1 aromatic carbocycles. The third kappa shape index (κ3) is 2.84. The van der Waals surface area contributed by atoms with Gasteiger partial charge in [0.1, 0.15) is 5.82 Å². The van der Waals surface area contributed by atoms with Gasteiger partial charge in [0.2, 0.25) is 0 Å². The molecule has 0 saturated heterocycles. The number of hydrogen-bond acceptors (Lipinski definition) is 1. The third-order valence-corrected chi connectivity index (χ3v) is 4.85. The van der Waals surface area contributed by atoms with E-state index in [0.717, 1.165) is 12.8 Å². The van der Waals surface area contributed by atoms with E-state index in [1.807, 2.05) is 22.6 Å². The van der Waals surface area contributed by atoms with Gasteiger partial charge in [-0.3, -0.25) is 4.79 Å². The van der Waals surface area contributed by atoms with E-state index in [4.69, 9.17) is 0 Å². The lowest BCUT2D eigenvalue weighted by Crippen LogP contribution is -2.37. The summed E-state index contributed by atoms with van der Waals surface area (Å²) >= 11 is 2.00. The van der Waals surface area contributed by atoms with E-state index in [0.29, 0.717) is 21.0 Å². The summed E-state index contributed by atoms with van der Waals surface area (Å²) in [4.78, 5) is 12.1. The van der Waals surface area contributed by atoms with Gasteiger partial charge in [-0.25, -0.2) is 4.39 Å². The van der Waals surface area contributed by atoms with Crippen LogP contribution in [-0.2, 0) is 0 Å². The van der Waals surface area contributed by atoms with Crippen LogP contribution < -0.4 is 5.32 Å². The summed E-state index contributed by atoms with van der Waals surface area (Å²) in [6.45, 7) is 4.40. The molecule has 0 radical (unpaired) electrons. The third-order valence-electron chi connectivity index (χ3n) is 3.96. The average Bonchev–Trinajstić information content (AvgIpc) is 2.61. The van der Waals surface area contributed by atoms with Crippen LogP contribution in [0.2, 0.25) is 0 Å². The van der Waals surface area contributed by atoms with E-state index in [1.165, 1.54) is 12.1 Å². The Kier molecular flexibility index (Phi) is 4.25. The number of nitrogens with one attached hydrogen (secondary N) is 1. The van der Waals surface area contributed by atoms with E-state index in [-0.39, 0.29) is 17.8 Å². The Labute approximate surface area is 120 Å². The van der Waals surface area contributed by atoms with Gasteiger partial charge in [0.15, 0.2) is 0 Å². The molecule has 98 valence electrons. The van der Waals surface area contributed by atoms with Gasteiger partial charge in [0.25, 0.3) is 5.91 Å². The normalized spacial score (nSPS) is 27.2. The molecule has 0 heterocycles. The summed E-state index contributed by atoms with van der Waals surface area (Å²) in [6.07, 6.45) is 2.19.